The standard InChI is InChI=1S/C8H17N3O/c1-10-8(12)6-11-4-2-3-7(9)5-11/h7H,2-6,9H2,1H3,(H,10,12)/t7-/m1/s1. The van der Waals surface area contributed by atoms with E-state index in [-0.39, 0.29) is 11.9 Å². The van der Waals surface area contributed by atoms with Gasteiger partial charge < -0.3 is 11.1 Å². The van der Waals surface area contributed by atoms with E-state index >= 15 is 0 Å². The van der Waals surface area contributed by atoms with E-state index in [9.17, 15) is 4.79 Å². The van der Waals surface area contributed by atoms with E-state index in [1.54, 1.807) is 7.05 Å². The molecule has 4 nitrogen and oxygen atoms in total. The van der Waals surface area contributed by atoms with Crippen molar-refractivity contribution in [1.29, 1.82) is 0 Å². The van der Waals surface area contributed by atoms with Gasteiger partial charge in [0.1, 0.15) is 0 Å². The van der Waals surface area contributed by atoms with E-state index in [0.717, 1.165) is 25.9 Å². The number of hydrogen-bond donors (Lipinski definition) is 2. The highest BCUT2D eigenvalue weighted by Gasteiger charge is 2.17. The van der Waals surface area contributed by atoms with Crippen LogP contribution < -0.4 is 11.1 Å². The van der Waals surface area contributed by atoms with Gasteiger partial charge in [0.05, 0.1) is 6.54 Å². The third-order valence-electron chi connectivity index (χ3n) is 2.19. The van der Waals surface area contributed by atoms with E-state index in [0.29, 0.717) is 6.54 Å². The fraction of sp³-hybridized carbons (Fsp3) is 0.875. The number of nitrogens with one attached hydrogen (secondary N) is 1. The maximum atomic E-state index is 11.0. The van der Waals surface area contributed by atoms with Crippen molar-refractivity contribution in [2.45, 2.75) is 18.9 Å². The van der Waals surface area contributed by atoms with Gasteiger partial charge in [-0.3, -0.25) is 9.69 Å². The monoisotopic (exact) mass is 171 g/mol. The molecule has 1 aliphatic rings. The minimum atomic E-state index is 0.0732. The molecule has 70 valence electrons. The minimum absolute atomic E-state index is 0.0732. The Morgan fingerprint density at radius 2 is 2.50 bits per heavy atom. The highest BCUT2D eigenvalue weighted by Crippen LogP contribution is 2.06. The molecule has 0 spiro atoms. The van der Waals surface area contributed by atoms with E-state index in [1.807, 2.05) is 0 Å². The van der Waals surface area contributed by atoms with Gasteiger partial charge in [0.2, 0.25) is 5.91 Å². The Hall–Kier alpha value is -0.610. The first-order valence-corrected chi connectivity index (χ1v) is 4.41. The SMILES string of the molecule is CNC(=O)CN1CCC[C@@H](N)C1. The Bertz CT molecular complexity index is 160. The molecule has 1 aliphatic heterocycles. The zero-order chi connectivity index (χ0) is 8.97. The first kappa shape index (κ1) is 9.48. The molecule has 12 heavy (non-hydrogen) atoms. The lowest BCUT2D eigenvalue weighted by Crippen LogP contribution is -2.46. The Kier molecular flexibility index (Phi) is 3.49. The molecule has 0 unspecified atom stereocenters. The van der Waals surface area contributed by atoms with Gasteiger partial charge in [-0.15, -0.1) is 0 Å². The summed E-state index contributed by atoms with van der Waals surface area (Å²) in [6, 6.07) is 0.253. The summed E-state index contributed by atoms with van der Waals surface area (Å²) in [7, 11) is 1.66. The highest BCUT2D eigenvalue weighted by molar-refractivity contribution is 5.77. The molecular formula is C8H17N3O. The van der Waals surface area contributed by atoms with Crippen molar-refractivity contribution in [1.82, 2.24) is 10.2 Å². The number of carbonyl (C=O) groups excluding carboxylic acids is 1. The van der Waals surface area contributed by atoms with Crippen LogP contribution in [-0.2, 0) is 4.79 Å². The molecule has 0 aromatic heterocycles. The summed E-state index contributed by atoms with van der Waals surface area (Å²) in [4.78, 5) is 13.1. The second-order valence-corrected chi connectivity index (χ2v) is 3.31. The summed E-state index contributed by atoms with van der Waals surface area (Å²) in [5, 5.41) is 2.61. The molecule has 0 saturated carbocycles. The van der Waals surface area contributed by atoms with Crippen LogP contribution in [0.25, 0.3) is 0 Å². The lowest BCUT2D eigenvalue weighted by molar-refractivity contribution is -0.122. The average molecular weight is 171 g/mol. The molecule has 1 fully saturated rings. The number of nitrogens with zero attached hydrogens (tertiary/aromatic N) is 1. The summed E-state index contributed by atoms with van der Waals surface area (Å²) in [6.45, 7) is 2.35. The largest absolute Gasteiger partial charge is 0.358 e. The van der Waals surface area contributed by atoms with Crippen LogP contribution in [0.15, 0.2) is 0 Å². The van der Waals surface area contributed by atoms with E-state index in [4.69, 9.17) is 5.73 Å². The van der Waals surface area contributed by atoms with Crippen molar-refractivity contribution in [3.63, 3.8) is 0 Å². The molecule has 0 aromatic rings. The molecular weight excluding hydrogens is 154 g/mol. The third kappa shape index (κ3) is 2.79. The second-order valence-electron chi connectivity index (χ2n) is 3.31. The fourth-order valence-corrected chi connectivity index (χ4v) is 1.52. The number of nitrogens with two attached hydrogens (primary N) is 1. The van der Waals surface area contributed by atoms with Crippen molar-refractivity contribution in [2.75, 3.05) is 26.7 Å². The third-order valence-corrected chi connectivity index (χ3v) is 2.19. The molecule has 1 heterocycles. The number of piperidine rings is 1. The first-order chi connectivity index (χ1) is 5.72. The van der Waals surface area contributed by atoms with Gasteiger partial charge in [0.25, 0.3) is 0 Å². The van der Waals surface area contributed by atoms with Crippen molar-refractivity contribution < 1.29 is 4.79 Å². The normalized spacial score (nSPS) is 25.3. The Balaban J connectivity index is 2.27. The minimum Gasteiger partial charge on any atom is -0.358 e. The zero-order valence-corrected chi connectivity index (χ0v) is 7.55. The van der Waals surface area contributed by atoms with Gasteiger partial charge in [-0.1, -0.05) is 0 Å². The molecule has 1 amide bonds. The topological polar surface area (TPSA) is 58.4 Å². The Labute approximate surface area is 73.1 Å². The van der Waals surface area contributed by atoms with Crippen LogP contribution in [0.1, 0.15) is 12.8 Å². The molecule has 0 bridgehead atoms. The van der Waals surface area contributed by atoms with Gasteiger partial charge in [0, 0.05) is 19.6 Å². The van der Waals surface area contributed by atoms with Crippen LogP contribution in [0.3, 0.4) is 0 Å². The highest BCUT2D eigenvalue weighted by atomic mass is 16.1. The van der Waals surface area contributed by atoms with Crippen molar-refractivity contribution in [3.05, 3.63) is 0 Å². The number of likely N-dealkylation sites (tertiary alicyclic amines) is 1. The van der Waals surface area contributed by atoms with Crippen LogP contribution in [0.5, 0.6) is 0 Å². The predicted octanol–water partition coefficient (Wildman–Crippen LogP) is -0.844. The summed E-state index contributed by atoms with van der Waals surface area (Å²) < 4.78 is 0. The second kappa shape index (κ2) is 4.42. The van der Waals surface area contributed by atoms with Crippen LogP contribution in [0, 0.1) is 0 Å². The van der Waals surface area contributed by atoms with Gasteiger partial charge in [-0.2, -0.15) is 0 Å². The van der Waals surface area contributed by atoms with Crippen molar-refractivity contribution >= 4 is 5.91 Å². The number of likely N-dealkylation sites (N-methyl/N-ethyl adjacent to an activating group) is 1. The zero-order valence-electron chi connectivity index (χ0n) is 7.55. The number of amides is 1. The molecule has 0 aromatic carbocycles. The predicted molar refractivity (Wildman–Crippen MR) is 47.7 cm³/mol. The van der Waals surface area contributed by atoms with Gasteiger partial charge >= 0.3 is 0 Å². The van der Waals surface area contributed by atoms with Crippen molar-refractivity contribution in [2.24, 2.45) is 5.73 Å². The molecule has 3 N–H and O–H groups in total. The first-order valence-electron chi connectivity index (χ1n) is 4.41. The molecule has 4 heteroatoms. The quantitative estimate of drug-likeness (QED) is 0.569. The number of carbonyl (C=O) groups is 1. The van der Waals surface area contributed by atoms with Gasteiger partial charge in [0.15, 0.2) is 0 Å². The number of hydrogen-bond acceptors (Lipinski definition) is 3. The van der Waals surface area contributed by atoms with E-state index in [1.165, 1.54) is 0 Å². The molecule has 0 radical (unpaired) electrons. The van der Waals surface area contributed by atoms with E-state index < -0.39 is 0 Å². The van der Waals surface area contributed by atoms with Crippen LogP contribution >= 0.6 is 0 Å². The van der Waals surface area contributed by atoms with Gasteiger partial charge in [-0.25, -0.2) is 0 Å². The maximum absolute atomic E-state index is 11.0. The molecule has 1 rings (SSSR count). The smallest absolute Gasteiger partial charge is 0.233 e. The van der Waals surface area contributed by atoms with E-state index in [2.05, 4.69) is 10.2 Å². The summed E-state index contributed by atoms with van der Waals surface area (Å²) in [5.74, 6) is 0.0732. The van der Waals surface area contributed by atoms with Crippen LogP contribution in [0.2, 0.25) is 0 Å². The molecule has 1 saturated heterocycles. The Morgan fingerprint density at radius 3 is 3.08 bits per heavy atom. The number of rotatable bonds is 2. The van der Waals surface area contributed by atoms with Crippen molar-refractivity contribution in [3.8, 4) is 0 Å². The lowest BCUT2D eigenvalue weighted by Gasteiger charge is -2.29. The maximum Gasteiger partial charge on any atom is 0.233 e. The average Bonchev–Trinajstić information content (AvgIpc) is 2.04. The van der Waals surface area contributed by atoms with Crippen LogP contribution in [-0.4, -0.2) is 43.5 Å². The summed E-state index contributed by atoms with van der Waals surface area (Å²) >= 11 is 0. The fourth-order valence-electron chi connectivity index (χ4n) is 1.52. The van der Waals surface area contributed by atoms with Gasteiger partial charge in [-0.05, 0) is 19.4 Å². The molecule has 0 aliphatic carbocycles. The summed E-state index contributed by atoms with van der Waals surface area (Å²) in [5.41, 5.74) is 5.77. The Morgan fingerprint density at radius 1 is 1.75 bits per heavy atom. The summed E-state index contributed by atoms with van der Waals surface area (Å²) in [6.07, 6.45) is 2.20. The molecule has 1 atom stereocenters. The lowest BCUT2D eigenvalue weighted by atomic mass is 10.1. The van der Waals surface area contributed by atoms with Crippen LogP contribution in [0.4, 0.5) is 0 Å².